The van der Waals surface area contributed by atoms with E-state index >= 15 is 0 Å². The maximum atomic E-state index is 11.5. The van der Waals surface area contributed by atoms with E-state index in [0.717, 1.165) is 19.3 Å². The predicted molar refractivity (Wildman–Crippen MR) is 99.9 cm³/mol. The molecule has 1 aliphatic heterocycles. The summed E-state index contributed by atoms with van der Waals surface area (Å²) in [7, 11) is 0. The van der Waals surface area contributed by atoms with Crippen molar-refractivity contribution >= 4 is 5.97 Å². The summed E-state index contributed by atoms with van der Waals surface area (Å²) in [5.41, 5.74) is 0.454. The molecule has 0 amide bonds. The van der Waals surface area contributed by atoms with Crippen molar-refractivity contribution in [3.63, 3.8) is 0 Å². The van der Waals surface area contributed by atoms with Crippen molar-refractivity contribution < 1.29 is 14.6 Å². The Labute approximate surface area is 148 Å². The molecule has 1 N–H and O–H groups in total. The molecular weight excluding hydrogens is 300 g/mol. The number of ether oxygens (including phenoxy) is 1. The molecule has 0 radical (unpaired) electrons. The molecule has 0 unspecified atom stereocenters. The van der Waals surface area contributed by atoms with Gasteiger partial charge in [0.2, 0.25) is 0 Å². The highest BCUT2D eigenvalue weighted by atomic mass is 16.6. The zero-order chi connectivity index (χ0) is 17.6. The molecule has 1 rings (SSSR count). The standard InChI is InChI=1S/C21H36O3/c1-3-4-5-6-7-8-9-10-11-12-13-14-15-16-17-19-20(22)18(2)24-21(19)23/h3,17-18,20,22H,1,4-16H2,2H3/b19-17-/t18-,20-/m0/s1. The molecule has 138 valence electrons. The summed E-state index contributed by atoms with van der Waals surface area (Å²) >= 11 is 0. The van der Waals surface area contributed by atoms with Crippen molar-refractivity contribution in [2.45, 2.75) is 103 Å². The Hall–Kier alpha value is -1.09. The van der Waals surface area contributed by atoms with Crippen LogP contribution in [-0.2, 0) is 9.53 Å². The van der Waals surface area contributed by atoms with Gasteiger partial charge in [-0.15, -0.1) is 6.58 Å². The van der Waals surface area contributed by atoms with Crippen LogP contribution in [0.5, 0.6) is 0 Å². The summed E-state index contributed by atoms with van der Waals surface area (Å²) in [6.45, 7) is 5.48. The van der Waals surface area contributed by atoms with E-state index in [9.17, 15) is 9.90 Å². The second-order valence-electron chi connectivity index (χ2n) is 6.97. The summed E-state index contributed by atoms with van der Waals surface area (Å²) in [5.74, 6) is -0.348. The molecule has 0 aliphatic carbocycles. The van der Waals surface area contributed by atoms with Gasteiger partial charge in [0, 0.05) is 0 Å². The van der Waals surface area contributed by atoms with E-state index in [4.69, 9.17) is 4.74 Å². The fourth-order valence-corrected chi connectivity index (χ4v) is 3.16. The van der Waals surface area contributed by atoms with Gasteiger partial charge >= 0.3 is 5.97 Å². The summed E-state index contributed by atoms with van der Waals surface area (Å²) in [6, 6.07) is 0. The largest absolute Gasteiger partial charge is 0.456 e. The molecular formula is C21H36O3. The number of aliphatic hydroxyl groups is 1. The maximum absolute atomic E-state index is 11.5. The predicted octanol–water partition coefficient (Wildman–Crippen LogP) is 5.48. The number of carbonyl (C=O) groups excluding carboxylic acids is 1. The Bertz CT molecular complexity index is 387. The van der Waals surface area contributed by atoms with E-state index in [-0.39, 0.29) is 5.97 Å². The first-order chi connectivity index (χ1) is 11.7. The van der Waals surface area contributed by atoms with E-state index in [0.29, 0.717) is 5.57 Å². The lowest BCUT2D eigenvalue weighted by molar-refractivity contribution is -0.138. The van der Waals surface area contributed by atoms with Crippen LogP contribution in [0.15, 0.2) is 24.3 Å². The number of esters is 1. The van der Waals surface area contributed by atoms with Crippen LogP contribution in [0.2, 0.25) is 0 Å². The lowest BCUT2D eigenvalue weighted by atomic mass is 10.0. The van der Waals surface area contributed by atoms with Crippen LogP contribution in [-0.4, -0.2) is 23.3 Å². The Balaban J connectivity index is 1.87. The highest BCUT2D eigenvalue weighted by Crippen LogP contribution is 2.22. The van der Waals surface area contributed by atoms with Gasteiger partial charge < -0.3 is 9.84 Å². The summed E-state index contributed by atoms with van der Waals surface area (Å²) in [6.07, 6.45) is 19.1. The Morgan fingerprint density at radius 3 is 1.79 bits per heavy atom. The van der Waals surface area contributed by atoms with Crippen LogP contribution in [0.25, 0.3) is 0 Å². The van der Waals surface area contributed by atoms with E-state index in [1.165, 1.54) is 64.2 Å². The number of unbranched alkanes of at least 4 members (excludes halogenated alkanes) is 12. The zero-order valence-electron chi connectivity index (χ0n) is 15.5. The van der Waals surface area contributed by atoms with Crippen LogP contribution in [0.3, 0.4) is 0 Å². The number of hydrogen-bond donors (Lipinski definition) is 1. The van der Waals surface area contributed by atoms with Crippen molar-refractivity contribution in [3.05, 3.63) is 24.3 Å². The Morgan fingerprint density at radius 2 is 1.38 bits per heavy atom. The van der Waals surface area contributed by atoms with Gasteiger partial charge in [-0.05, 0) is 32.6 Å². The van der Waals surface area contributed by atoms with Crippen molar-refractivity contribution in [1.82, 2.24) is 0 Å². The molecule has 3 nitrogen and oxygen atoms in total. The molecule has 1 saturated heterocycles. The maximum Gasteiger partial charge on any atom is 0.336 e. The summed E-state index contributed by atoms with van der Waals surface area (Å²) < 4.78 is 4.99. The molecule has 0 aromatic rings. The Morgan fingerprint density at radius 1 is 0.917 bits per heavy atom. The molecule has 0 aromatic heterocycles. The Kier molecular flexibility index (Phi) is 11.5. The van der Waals surface area contributed by atoms with Gasteiger partial charge in [-0.25, -0.2) is 4.79 Å². The van der Waals surface area contributed by atoms with Gasteiger partial charge in [-0.3, -0.25) is 0 Å². The fourth-order valence-electron chi connectivity index (χ4n) is 3.16. The fraction of sp³-hybridized carbons (Fsp3) is 0.762. The number of cyclic esters (lactones) is 1. The third-order valence-corrected chi connectivity index (χ3v) is 4.77. The number of hydrogen-bond acceptors (Lipinski definition) is 3. The molecule has 1 aliphatic rings. The van der Waals surface area contributed by atoms with Crippen molar-refractivity contribution in [3.8, 4) is 0 Å². The van der Waals surface area contributed by atoms with Gasteiger partial charge in [0.1, 0.15) is 12.2 Å². The second-order valence-corrected chi connectivity index (χ2v) is 6.97. The van der Waals surface area contributed by atoms with Gasteiger partial charge in [0.05, 0.1) is 5.57 Å². The molecule has 0 bridgehead atoms. The number of aliphatic hydroxyl groups excluding tert-OH is 1. The lowest BCUT2D eigenvalue weighted by Gasteiger charge is -2.05. The minimum absolute atomic E-state index is 0.348. The topological polar surface area (TPSA) is 46.5 Å². The molecule has 3 heteroatoms. The summed E-state index contributed by atoms with van der Waals surface area (Å²) in [5, 5.41) is 9.81. The molecule has 0 saturated carbocycles. The second kappa shape index (κ2) is 13.2. The van der Waals surface area contributed by atoms with Crippen LogP contribution in [0.4, 0.5) is 0 Å². The molecule has 0 aromatic carbocycles. The normalized spacial score (nSPS) is 22.1. The van der Waals surface area contributed by atoms with Gasteiger partial charge in [0.25, 0.3) is 0 Å². The number of carbonyl (C=O) groups is 1. The summed E-state index contributed by atoms with van der Waals surface area (Å²) in [4.78, 5) is 11.5. The van der Waals surface area contributed by atoms with E-state index in [1.54, 1.807) is 6.92 Å². The third-order valence-electron chi connectivity index (χ3n) is 4.77. The number of rotatable bonds is 14. The monoisotopic (exact) mass is 336 g/mol. The minimum Gasteiger partial charge on any atom is -0.456 e. The van der Waals surface area contributed by atoms with Gasteiger partial charge in [-0.1, -0.05) is 69.9 Å². The van der Waals surface area contributed by atoms with Crippen LogP contribution >= 0.6 is 0 Å². The van der Waals surface area contributed by atoms with Crippen LogP contribution in [0, 0.1) is 0 Å². The van der Waals surface area contributed by atoms with Crippen molar-refractivity contribution in [2.75, 3.05) is 0 Å². The highest BCUT2D eigenvalue weighted by Gasteiger charge is 2.34. The SMILES string of the molecule is C=CCCCCCCCCCCCCC/C=C1\C(=O)O[C@@H](C)[C@@H]1O. The first-order valence-electron chi connectivity index (χ1n) is 9.86. The van der Waals surface area contributed by atoms with Gasteiger partial charge in [0.15, 0.2) is 0 Å². The highest BCUT2D eigenvalue weighted by molar-refractivity contribution is 5.92. The first-order valence-corrected chi connectivity index (χ1v) is 9.86. The van der Waals surface area contributed by atoms with E-state index in [2.05, 4.69) is 6.58 Å². The first kappa shape index (κ1) is 21.0. The number of allylic oxidation sites excluding steroid dienone is 2. The molecule has 0 spiro atoms. The molecule has 24 heavy (non-hydrogen) atoms. The third kappa shape index (κ3) is 8.68. The lowest BCUT2D eigenvalue weighted by Crippen LogP contribution is -2.17. The van der Waals surface area contributed by atoms with E-state index in [1.807, 2.05) is 12.2 Å². The average Bonchev–Trinajstić information content (AvgIpc) is 2.81. The van der Waals surface area contributed by atoms with Crippen LogP contribution in [0.1, 0.15) is 90.4 Å². The minimum atomic E-state index is -0.741. The quantitative estimate of drug-likeness (QED) is 0.198. The molecule has 1 fully saturated rings. The van der Waals surface area contributed by atoms with Crippen LogP contribution < -0.4 is 0 Å². The van der Waals surface area contributed by atoms with Crippen molar-refractivity contribution in [1.29, 1.82) is 0 Å². The van der Waals surface area contributed by atoms with Gasteiger partial charge in [-0.2, -0.15) is 0 Å². The van der Waals surface area contributed by atoms with Crippen molar-refractivity contribution in [2.24, 2.45) is 0 Å². The molecule has 1 heterocycles. The zero-order valence-corrected chi connectivity index (χ0v) is 15.5. The molecule has 2 atom stereocenters. The smallest absolute Gasteiger partial charge is 0.336 e. The van der Waals surface area contributed by atoms with E-state index < -0.39 is 12.2 Å². The average molecular weight is 337 g/mol.